The van der Waals surface area contributed by atoms with Crippen molar-refractivity contribution in [1.82, 2.24) is 0 Å². The zero-order chi connectivity index (χ0) is 26.4. The van der Waals surface area contributed by atoms with Gasteiger partial charge in [-0.05, 0) is 71.6 Å². The molecule has 3 atom stereocenters. The van der Waals surface area contributed by atoms with Gasteiger partial charge in [-0.25, -0.2) is 0 Å². The Hall–Kier alpha value is -3.62. The third-order valence-corrected chi connectivity index (χ3v) is 8.11. The number of benzene rings is 3. The molecule has 0 amide bonds. The number of nitrogens with zero attached hydrogens (tertiary/aromatic N) is 2. The third kappa shape index (κ3) is 5.70. The predicted octanol–water partition coefficient (Wildman–Crippen LogP) is 9.49. The lowest BCUT2D eigenvalue weighted by Gasteiger charge is -2.21. The lowest BCUT2D eigenvalue weighted by molar-refractivity contribution is 0.404. The van der Waals surface area contributed by atoms with Crippen molar-refractivity contribution in [3.8, 4) is 23.3 Å². The summed E-state index contributed by atoms with van der Waals surface area (Å²) in [6, 6.07) is 26.5. The van der Waals surface area contributed by atoms with Crippen LogP contribution in [0.15, 0.2) is 66.7 Å². The Kier molecular flexibility index (Phi) is 8.63. The van der Waals surface area contributed by atoms with Crippen LogP contribution < -0.4 is 0 Å². The standard InChI is InChI=1S/C35H38N2/c1-5-8-9-25(6-2)20-34-31-16-10-24(4)18-33(31)35-21-26(11-17-32(34)35)19-30(23-37)29-14-12-28(13-15-29)27(7-3)22-36/h7,10-18,21,25,30,34H,5-6,8-9,19-20H2,1-4H3. The van der Waals surface area contributed by atoms with E-state index in [4.69, 9.17) is 0 Å². The van der Waals surface area contributed by atoms with Crippen LogP contribution in [0.4, 0.5) is 0 Å². The highest BCUT2D eigenvalue weighted by atomic mass is 14.3. The van der Waals surface area contributed by atoms with Gasteiger partial charge in [0.05, 0.1) is 23.6 Å². The fourth-order valence-electron chi connectivity index (χ4n) is 5.88. The van der Waals surface area contributed by atoms with E-state index in [0.717, 1.165) is 17.0 Å². The minimum Gasteiger partial charge on any atom is -0.198 e. The van der Waals surface area contributed by atoms with Crippen LogP contribution in [0.1, 0.15) is 98.1 Å². The normalized spacial score (nSPS) is 15.8. The van der Waals surface area contributed by atoms with Gasteiger partial charge >= 0.3 is 0 Å². The molecule has 0 aromatic heterocycles. The lowest BCUT2D eigenvalue weighted by Crippen LogP contribution is -2.07. The summed E-state index contributed by atoms with van der Waals surface area (Å²) in [5.74, 6) is 0.984. The molecule has 4 rings (SSSR count). The Bertz CT molecular complexity index is 1350. The highest BCUT2D eigenvalue weighted by molar-refractivity contribution is 5.80. The van der Waals surface area contributed by atoms with Crippen molar-refractivity contribution >= 4 is 5.57 Å². The third-order valence-electron chi connectivity index (χ3n) is 8.11. The highest BCUT2D eigenvalue weighted by Crippen LogP contribution is 2.49. The number of unbranched alkanes of at least 4 members (excludes halogenated alkanes) is 1. The molecule has 3 aromatic carbocycles. The number of hydrogen-bond donors (Lipinski definition) is 0. The van der Waals surface area contributed by atoms with E-state index in [1.54, 1.807) is 0 Å². The summed E-state index contributed by atoms with van der Waals surface area (Å²) in [6.07, 6.45) is 8.82. The van der Waals surface area contributed by atoms with Crippen LogP contribution in [0, 0.1) is 35.5 Å². The van der Waals surface area contributed by atoms with Crippen molar-refractivity contribution in [2.24, 2.45) is 5.92 Å². The highest BCUT2D eigenvalue weighted by Gasteiger charge is 2.30. The maximum absolute atomic E-state index is 10.0. The Balaban J connectivity index is 1.62. The minimum absolute atomic E-state index is 0.226. The summed E-state index contributed by atoms with van der Waals surface area (Å²) in [5.41, 5.74) is 10.7. The quantitative estimate of drug-likeness (QED) is 0.268. The Labute approximate surface area is 223 Å². The van der Waals surface area contributed by atoms with Gasteiger partial charge in [-0.15, -0.1) is 0 Å². The second-order valence-corrected chi connectivity index (χ2v) is 10.5. The van der Waals surface area contributed by atoms with Gasteiger partial charge in [0.25, 0.3) is 0 Å². The van der Waals surface area contributed by atoms with Gasteiger partial charge < -0.3 is 0 Å². The largest absolute Gasteiger partial charge is 0.198 e. The van der Waals surface area contributed by atoms with Crippen molar-refractivity contribution in [2.75, 3.05) is 0 Å². The van der Waals surface area contributed by atoms with Crippen molar-refractivity contribution in [2.45, 2.75) is 78.1 Å². The average Bonchev–Trinajstić information content (AvgIpc) is 3.22. The second kappa shape index (κ2) is 12.1. The van der Waals surface area contributed by atoms with Crippen LogP contribution in [0.5, 0.6) is 0 Å². The zero-order valence-corrected chi connectivity index (χ0v) is 22.7. The molecule has 0 radical (unpaired) electrons. The molecular formula is C35H38N2. The van der Waals surface area contributed by atoms with Gasteiger partial charge in [0, 0.05) is 5.92 Å². The first-order valence-electron chi connectivity index (χ1n) is 13.8. The molecule has 0 fully saturated rings. The fourth-order valence-corrected chi connectivity index (χ4v) is 5.88. The van der Waals surface area contributed by atoms with E-state index in [1.165, 1.54) is 65.5 Å². The summed E-state index contributed by atoms with van der Waals surface area (Å²) in [7, 11) is 0. The molecule has 0 N–H and O–H groups in total. The van der Waals surface area contributed by atoms with E-state index in [9.17, 15) is 10.5 Å². The number of fused-ring (bicyclic) bond motifs is 3. The molecule has 0 aliphatic heterocycles. The molecule has 2 heteroatoms. The van der Waals surface area contributed by atoms with Crippen LogP contribution in [-0.4, -0.2) is 0 Å². The maximum Gasteiger partial charge on any atom is 0.0994 e. The van der Waals surface area contributed by atoms with E-state index in [0.29, 0.717) is 17.9 Å². The zero-order valence-electron chi connectivity index (χ0n) is 22.7. The summed E-state index contributed by atoms with van der Waals surface area (Å²) in [4.78, 5) is 0. The molecule has 3 aromatic rings. The number of aryl methyl sites for hydroxylation is 1. The predicted molar refractivity (Wildman–Crippen MR) is 154 cm³/mol. The number of allylic oxidation sites excluding steroid dienone is 2. The minimum atomic E-state index is -0.226. The molecule has 2 nitrogen and oxygen atoms in total. The van der Waals surface area contributed by atoms with Crippen molar-refractivity contribution in [3.05, 3.63) is 100 Å². The monoisotopic (exact) mass is 486 g/mol. The Morgan fingerprint density at radius 1 is 0.946 bits per heavy atom. The van der Waals surface area contributed by atoms with Gasteiger partial charge in [0.15, 0.2) is 0 Å². The van der Waals surface area contributed by atoms with Gasteiger partial charge in [-0.1, -0.05) is 112 Å². The van der Waals surface area contributed by atoms with Crippen LogP contribution in [-0.2, 0) is 6.42 Å². The van der Waals surface area contributed by atoms with E-state index >= 15 is 0 Å². The van der Waals surface area contributed by atoms with E-state index < -0.39 is 0 Å². The van der Waals surface area contributed by atoms with Gasteiger partial charge in [-0.3, -0.25) is 0 Å². The smallest absolute Gasteiger partial charge is 0.0994 e. The SMILES string of the molecule is CC=C(C#N)c1ccc(C(C#N)Cc2ccc3c(c2)-c2cc(C)ccc2C3CC(CC)CCCC)cc1. The van der Waals surface area contributed by atoms with E-state index in [2.05, 4.69) is 69.3 Å². The lowest BCUT2D eigenvalue weighted by atomic mass is 9.83. The average molecular weight is 487 g/mol. The van der Waals surface area contributed by atoms with E-state index in [1.807, 2.05) is 37.3 Å². The first-order valence-corrected chi connectivity index (χ1v) is 13.8. The molecule has 0 bridgehead atoms. The molecule has 37 heavy (non-hydrogen) atoms. The molecule has 0 spiro atoms. The summed E-state index contributed by atoms with van der Waals surface area (Å²) < 4.78 is 0. The van der Waals surface area contributed by atoms with E-state index in [-0.39, 0.29) is 5.92 Å². The first kappa shape index (κ1) is 26.4. The second-order valence-electron chi connectivity index (χ2n) is 10.5. The van der Waals surface area contributed by atoms with Crippen molar-refractivity contribution in [1.29, 1.82) is 10.5 Å². The van der Waals surface area contributed by atoms with Crippen LogP contribution in [0.25, 0.3) is 16.7 Å². The van der Waals surface area contributed by atoms with Gasteiger partial charge in [-0.2, -0.15) is 10.5 Å². The van der Waals surface area contributed by atoms with Gasteiger partial charge in [0.2, 0.25) is 0 Å². The molecule has 188 valence electrons. The maximum atomic E-state index is 10.0. The van der Waals surface area contributed by atoms with Crippen LogP contribution in [0.2, 0.25) is 0 Å². The number of hydrogen-bond acceptors (Lipinski definition) is 2. The summed E-state index contributed by atoms with van der Waals surface area (Å²) >= 11 is 0. The molecule has 0 heterocycles. The molecule has 0 saturated heterocycles. The molecule has 0 saturated carbocycles. The van der Waals surface area contributed by atoms with Crippen LogP contribution >= 0.6 is 0 Å². The first-order chi connectivity index (χ1) is 18.0. The van der Waals surface area contributed by atoms with Crippen LogP contribution in [0.3, 0.4) is 0 Å². The molecule has 3 unspecified atom stereocenters. The molecule has 1 aliphatic rings. The van der Waals surface area contributed by atoms with Gasteiger partial charge in [0.1, 0.15) is 0 Å². The Morgan fingerprint density at radius 3 is 2.27 bits per heavy atom. The summed E-state index contributed by atoms with van der Waals surface area (Å²) in [5, 5.41) is 19.3. The summed E-state index contributed by atoms with van der Waals surface area (Å²) in [6.45, 7) is 8.67. The molecular weight excluding hydrogens is 448 g/mol. The Morgan fingerprint density at radius 2 is 1.65 bits per heavy atom. The number of rotatable bonds is 10. The molecule has 1 aliphatic carbocycles. The topological polar surface area (TPSA) is 47.6 Å². The fraction of sp³-hybridized carbons (Fsp3) is 0.371. The van der Waals surface area contributed by atoms with Crippen molar-refractivity contribution in [3.63, 3.8) is 0 Å². The van der Waals surface area contributed by atoms with Crippen molar-refractivity contribution < 1.29 is 0 Å². The number of nitriles is 2.